The molecule has 1 aliphatic rings. The van der Waals surface area contributed by atoms with E-state index in [-0.39, 0.29) is 11.7 Å². The van der Waals surface area contributed by atoms with E-state index in [0.717, 1.165) is 40.7 Å². The number of nitrogens with zero attached hydrogens (tertiary/aromatic N) is 2. The van der Waals surface area contributed by atoms with Crippen molar-refractivity contribution < 1.29 is 9.78 Å². The zero-order valence-electron chi connectivity index (χ0n) is 17.1. The first-order valence-corrected chi connectivity index (χ1v) is 10.2. The summed E-state index contributed by atoms with van der Waals surface area (Å²) in [5.74, 6) is 0. The molecule has 4 nitrogen and oxygen atoms in total. The van der Waals surface area contributed by atoms with Gasteiger partial charge in [-0.05, 0) is 34.2 Å². The average Bonchev–Trinajstić information content (AvgIpc) is 3.09. The van der Waals surface area contributed by atoms with Crippen LogP contribution in [0.25, 0.3) is 16.7 Å². The average molecular weight is 386 g/mol. The van der Waals surface area contributed by atoms with Crippen LogP contribution in [-0.4, -0.2) is 7.11 Å². The van der Waals surface area contributed by atoms with E-state index < -0.39 is 0 Å². The molecule has 0 fully saturated rings. The van der Waals surface area contributed by atoms with Crippen LogP contribution in [0.2, 0.25) is 0 Å². The Morgan fingerprint density at radius 2 is 1.59 bits per heavy atom. The Labute approximate surface area is 172 Å². The molecule has 29 heavy (non-hydrogen) atoms. The van der Waals surface area contributed by atoms with Crippen LogP contribution in [0, 0.1) is 22.7 Å². The number of fused-ring (bicyclic) bond motifs is 3. The Balaban J connectivity index is 2.05. The van der Waals surface area contributed by atoms with Crippen molar-refractivity contribution >= 4 is 5.57 Å². The van der Waals surface area contributed by atoms with E-state index in [0.29, 0.717) is 5.57 Å². The third kappa shape index (κ3) is 4.25. The fraction of sp³-hybridized carbons (Fsp3) is 0.360. The lowest BCUT2D eigenvalue weighted by Crippen LogP contribution is -2.06. The minimum absolute atomic E-state index is 0.136. The van der Waals surface area contributed by atoms with Crippen LogP contribution in [-0.2, 0) is 9.78 Å². The molecule has 1 aliphatic carbocycles. The summed E-state index contributed by atoms with van der Waals surface area (Å²) in [5, 5.41) is 19.0. The summed E-state index contributed by atoms with van der Waals surface area (Å²) in [6.45, 7) is 2.21. The van der Waals surface area contributed by atoms with Gasteiger partial charge in [0.25, 0.3) is 0 Å². The maximum atomic E-state index is 9.51. The van der Waals surface area contributed by atoms with Crippen molar-refractivity contribution in [3.8, 4) is 23.3 Å². The molecule has 0 spiro atoms. The lowest BCUT2D eigenvalue weighted by Gasteiger charge is -2.19. The van der Waals surface area contributed by atoms with Gasteiger partial charge in [0.05, 0.1) is 7.11 Å². The molecule has 0 N–H and O–H groups in total. The molecule has 1 atom stereocenters. The third-order valence-corrected chi connectivity index (χ3v) is 5.43. The van der Waals surface area contributed by atoms with Crippen molar-refractivity contribution in [1.82, 2.24) is 0 Å². The number of allylic oxidation sites excluding steroid dienone is 1. The van der Waals surface area contributed by atoms with E-state index in [1.54, 1.807) is 0 Å². The molecule has 148 valence electrons. The standard InChI is InChI=1S/C25H26N2O2/c1-3-4-5-6-7-15-23(29-28-2)21-13-10-14-22-24(18(16-26)17-27)19-11-8-9-12-20(19)25(21)22/h8-14,23H,3-7,15H2,1-2H3. The second-order valence-corrected chi connectivity index (χ2v) is 7.24. The number of rotatable bonds is 9. The van der Waals surface area contributed by atoms with Gasteiger partial charge in [-0.15, -0.1) is 0 Å². The summed E-state index contributed by atoms with van der Waals surface area (Å²) in [4.78, 5) is 10.8. The van der Waals surface area contributed by atoms with Gasteiger partial charge >= 0.3 is 0 Å². The molecule has 2 aromatic rings. The minimum atomic E-state index is -0.198. The van der Waals surface area contributed by atoms with E-state index in [1.807, 2.05) is 36.4 Å². The largest absolute Gasteiger partial charge is 0.239 e. The Bertz CT molecular complexity index is 963. The molecule has 0 bridgehead atoms. The SMILES string of the molecule is CCCCCCCC(OOC)c1cccc2c1-c1ccccc1C2=C(C#N)C#N. The summed E-state index contributed by atoms with van der Waals surface area (Å²) < 4.78 is 0. The van der Waals surface area contributed by atoms with Crippen molar-refractivity contribution in [2.45, 2.75) is 51.6 Å². The lowest BCUT2D eigenvalue weighted by atomic mass is 9.92. The first-order chi connectivity index (χ1) is 14.3. The predicted octanol–water partition coefficient (Wildman–Crippen LogP) is 6.50. The van der Waals surface area contributed by atoms with Crippen molar-refractivity contribution in [2.24, 2.45) is 0 Å². The molecule has 2 aromatic carbocycles. The Kier molecular flexibility index (Phi) is 7.19. The highest BCUT2D eigenvalue weighted by Crippen LogP contribution is 2.49. The molecule has 0 saturated heterocycles. The van der Waals surface area contributed by atoms with Gasteiger partial charge in [0, 0.05) is 5.57 Å². The summed E-state index contributed by atoms with van der Waals surface area (Å²) in [6, 6.07) is 18.1. The van der Waals surface area contributed by atoms with E-state index in [4.69, 9.17) is 9.78 Å². The highest BCUT2D eigenvalue weighted by molar-refractivity contribution is 6.05. The molecule has 0 aliphatic heterocycles. The highest BCUT2D eigenvalue weighted by Gasteiger charge is 2.30. The maximum absolute atomic E-state index is 9.51. The van der Waals surface area contributed by atoms with E-state index in [1.165, 1.54) is 32.8 Å². The van der Waals surface area contributed by atoms with Crippen molar-refractivity contribution in [2.75, 3.05) is 7.11 Å². The number of hydrogen-bond acceptors (Lipinski definition) is 4. The van der Waals surface area contributed by atoms with Crippen LogP contribution in [0.5, 0.6) is 0 Å². The molecule has 3 rings (SSSR count). The van der Waals surface area contributed by atoms with E-state index in [9.17, 15) is 10.5 Å². The van der Waals surface area contributed by atoms with E-state index in [2.05, 4.69) is 25.1 Å². The molecule has 0 heterocycles. The van der Waals surface area contributed by atoms with Gasteiger partial charge in [0.2, 0.25) is 0 Å². The number of benzene rings is 2. The van der Waals surface area contributed by atoms with Gasteiger partial charge in [-0.2, -0.15) is 10.5 Å². The second kappa shape index (κ2) is 10.0. The predicted molar refractivity (Wildman–Crippen MR) is 113 cm³/mol. The van der Waals surface area contributed by atoms with Crippen LogP contribution in [0.15, 0.2) is 48.0 Å². The molecular weight excluding hydrogens is 360 g/mol. The molecule has 1 unspecified atom stereocenters. The van der Waals surface area contributed by atoms with Crippen molar-refractivity contribution in [1.29, 1.82) is 10.5 Å². The Morgan fingerprint density at radius 1 is 0.897 bits per heavy atom. The van der Waals surface area contributed by atoms with Gasteiger partial charge in [-0.3, -0.25) is 0 Å². The van der Waals surface area contributed by atoms with Crippen LogP contribution < -0.4 is 0 Å². The van der Waals surface area contributed by atoms with Gasteiger partial charge in [0.15, 0.2) is 0 Å². The van der Waals surface area contributed by atoms with Gasteiger partial charge in [0.1, 0.15) is 23.8 Å². The van der Waals surface area contributed by atoms with Crippen LogP contribution in [0.1, 0.15) is 68.2 Å². The van der Waals surface area contributed by atoms with Gasteiger partial charge in [-0.1, -0.05) is 81.5 Å². The highest BCUT2D eigenvalue weighted by atomic mass is 17.2. The summed E-state index contributed by atoms with van der Waals surface area (Å²) >= 11 is 0. The molecule has 0 radical (unpaired) electrons. The lowest BCUT2D eigenvalue weighted by molar-refractivity contribution is -0.309. The topological polar surface area (TPSA) is 66.0 Å². The third-order valence-electron chi connectivity index (χ3n) is 5.43. The van der Waals surface area contributed by atoms with Crippen molar-refractivity contribution in [3.63, 3.8) is 0 Å². The smallest absolute Gasteiger partial charge is 0.138 e. The Morgan fingerprint density at radius 3 is 2.28 bits per heavy atom. The molecule has 0 aromatic heterocycles. The first-order valence-electron chi connectivity index (χ1n) is 10.2. The van der Waals surface area contributed by atoms with Crippen LogP contribution in [0.3, 0.4) is 0 Å². The molecular formula is C25H26N2O2. The van der Waals surface area contributed by atoms with Crippen LogP contribution in [0.4, 0.5) is 0 Å². The van der Waals surface area contributed by atoms with E-state index >= 15 is 0 Å². The molecule has 0 amide bonds. The normalized spacial score (nSPS) is 12.6. The fourth-order valence-electron chi connectivity index (χ4n) is 4.12. The van der Waals surface area contributed by atoms with Crippen LogP contribution >= 0.6 is 0 Å². The van der Waals surface area contributed by atoms with Gasteiger partial charge < -0.3 is 0 Å². The summed E-state index contributed by atoms with van der Waals surface area (Å²) in [7, 11) is 1.54. The monoisotopic (exact) mass is 386 g/mol. The summed E-state index contributed by atoms with van der Waals surface area (Å²) in [5.41, 5.74) is 5.80. The zero-order chi connectivity index (χ0) is 20.6. The Hall–Kier alpha value is -2.92. The quantitative estimate of drug-likeness (QED) is 0.182. The number of hydrogen-bond donors (Lipinski definition) is 0. The fourth-order valence-corrected chi connectivity index (χ4v) is 4.12. The number of nitriles is 2. The minimum Gasteiger partial charge on any atom is -0.239 e. The number of unbranched alkanes of at least 4 members (excludes halogenated alkanes) is 4. The van der Waals surface area contributed by atoms with Crippen molar-refractivity contribution in [3.05, 3.63) is 64.7 Å². The summed E-state index contributed by atoms with van der Waals surface area (Å²) in [6.07, 6.45) is 6.59. The maximum Gasteiger partial charge on any atom is 0.138 e. The second-order valence-electron chi connectivity index (χ2n) is 7.24. The molecule has 4 heteroatoms. The van der Waals surface area contributed by atoms with Gasteiger partial charge in [-0.25, -0.2) is 9.78 Å². The first kappa shape index (κ1) is 20.8. The zero-order valence-corrected chi connectivity index (χ0v) is 17.1. The molecule has 0 saturated carbocycles.